The highest BCUT2D eigenvalue weighted by molar-refractivity contribution is 6.32. The van der Waals surface area contributed by atoms with E-state index in [0.717, 1.165) is 11.1 Å². The number of ether oxygens (including phenoxy) is 2. The van der Waals surface area contributed by atoms with E-state index in [2.05, 4.69) is 0 Å². The van der Waals surface area contributed by atoms with Crippen LogP contribution in [0.4, 0.5) is 5.69 Å². The summed E-state index contributed by atoms with van der Waals surface area (Å²) >= 11 is 6.17. The summed E-state index contributed by atoms with van der Waals surface area (Å²) in [5.74, 6) is -0.111. The third-order valence-electron chi connectivity index (χ3n) is 4.88. The molecule has 33 heavy (non-hydrogen) atoms. The van der Waals surface area contributed by atoms with Gasteiger partial charge in [0.25, 0.3) is 5.69 Å². The molecule has 0 bridgehead atoms. The molecule has 9 heteroatoms. The number of halogens is 1. The second-order valence-electron chi connectivity index (χ2n) is 7.25. The van der Waals surface area contributed by atoms with Crippen LogP contribution in [0.1, 0.15) is 21.5 Å². The Labute approximate surface area is 192 Å². The van der Waals surface area contributed by atoms with E-state index in [0.29, 0.717) is 10.8 Å². The summed E-state index contributed by atoms with van der Waals surface area (Å²) in [5.41, 5.74) is 1.44. The third kappa shape index (κ3) is 4.56. The molecule has 0 saturated carbocycles. The molecule has 0 fully saturated rings. The zero-order valence-electron chi connectivity index (χ0n) is 17.5. The molecule has 0 aliphatic rings. The number of esters is 1. The lowest BCUT2D eigenvalue weighted by Crippen LogP contribution is -2.09. The molecular weight excluding hydrogens is 450 g/mol. The number of rotatable bonds is 5. The molecule has 0 radical (unpaired) electrons. The van der Waals surface area contributed by atoms with Crippen LogP contribution in [0.3, 0.4) is 0 Å². The second kappa shape index (κ2) is 8.76. The molecule has 4 rings (SSSR count). The zero-order valence-corrected chi connectivity index (χ0v) is 18.2. The molecule has 0 aliphatic carbocycles. The Hall–Kier alpha value is -4.17. The molecule has 166 valence electrons. The van der Waals surface area contributed by atoms with Gasteiger partial charge in [0, 0.05) is 23.2 Å². The molecule has 0 aliphatic heterocycles. The van der Waals surface area contributed by atoms with Crippen LogP contribution in [0.2, 0.25) is 5.02 Å². The van der Waals surface area contributed by atoms with Crippen molar-refractivity contribution in [3.8, 4) is 17.2 Å². The van der Waals surface area contributed by atoms with Crippen molar-refractivity contribution in [2.75, 3.05) is 0 Å². The maximum Gasteiger partial charge on any atom is 0.343 e. The molecule has 0 saturated heterocycles. The Morgan fingerprint density at radius 1 is 1.00 bits per heavy atom. The molecule has 3 aromatic carbocycles. The number of nitro groups is 1. The standard InChI is InChI=1S/C24H16ClNO7/c1-13-9-18(10-14(2)22(13)25)32-21-12-31-20-11-17(7-8-19(20)23(21)27)33-24(28)15-3-5-16(6-4-15)26(29)30/h3-12H,1-2H3. The van der Waals surface area contributed by atoms with Crippen LogP contribution < -0.4 is 14.9 Å². The molecule has 0 amide bonds. The Morgan fingerprint density at radius 3 is 2.30 bits per heavy atom. The van der Waals surface area contributed by atoms with Crippen molar-refractivity contribution in [1.82, 2.24) is 0 Å². The number of benzene rings is 3. The van der Waals surface area contributed by atoms with E-state index in [1.165, 1.54) is 48.7 Å². The van der Waals surface area contributed by atoms with Crippen LogP contribution in [-0.4, -0.2) is 10.9 Å². The van der Waals surface area contributed by atoms with Gasteiger partial charge in [-0.25, -0.2) is 4.79 Å². The summed E-state index contributed by atoms with van der Waals surface area (Å²) < 4.78 is 16.5. The van der Waals surface area contributed by atoms with Crippen LogP contribution in [0.5, 0.6) is 17.2 Å². The third-order valence-corrected chi connectivity index (χ3v) is 5.47. The van der Waals surface area contributed by atoms with E-state index in [4.69, 9.17) is 25.5 Å². The quantitative estimate of drug-likeness (QED) is 0.154. The van der Waals surface area contributed by atoms with E-state index in [1.54, 1.807) is 12.1 Å². The van der Waals surface area contributed by atoms with Crippen LogP contribution >= 0.6 is 11.6 Å². The number of nitrogens with zero attached hydrogens (tertiary/aromatic N) is 1. The number of nitro benzene ring substituents is 1. The van der Waals surface area contributed by atoms with Crippen molar-refractivity contribution in [2.24, 2.45) is 0 Å². The van der Waals surface area contributed by atoms with Gasteiger partial charge in [-0.1, -0.05) is 11.6 Å². The molecule has 0 unspecified atom stereocenters. The van der Waals surface area contributed by atoms with Gasteiger partial charge in [0.15, 0.2) is 0 Å². The Morgan fingerprint density at radius 2 is 1.67 bits per heavy atom. The van der Waals surface area contributed by atoms with Crippen molar-refractivity contribution < 1.29 is 23.6 Å². The van der Waals surface area contributed by atoms with Gasteiger partial charge < -0.3 is 13.9 Å². The molecule has 1 heterocycles. The highest BCUT2D eigenvalue weighted by Gasteiger charge is 2.15. The molecule has 1 aromatic heterocycles. The molecule has 8 nitrogen and oxygen atoms in total. The van der Waals surface area contributed by atoms with Gasteiger partial charge in [-0.15, -0.1) is 0 Å². The average Bonchev–Trinajstić information content (AvgIpc) is 2.79. The summed E-state index contributed by atoms with van der Waals surface area (Å²) in [7, 11) is 0. The lowest BCUT2D eigenvalue weighted by Gasteiger charge is -2.10. The van der Waals surface area contributed by atoms with Crippen LogP contribution in [-0.2, 0) is 0 Å². The summed E-state index contributed by atoms with van der Waals surface area (Å²) in [5, 5.41) is 11.6. The number of fused-ring (bicyclic) bond motifs is 1. The van der Waals surface area contributed by atoms with Gasteiger partial charge in [0.1, 0.15) is 23.3 Å². The predicted molar refractivity (Wildman–Crippen MR) is 122 cm³/mol. The summed E-state index contributed by atoms with van der Waals surface area (Å²) in [6.07, 6.45) is 1.19. The smallest absolute Gasteiger partial charge is 0.343 e. The number of hydrogen-bond donors (Lipinski definition) is 0. The summed E-state index contributed by atoms with van der Waals surface area (Å²) in [6.45, 7) is 3.68. The minimum Gasteiger partial charge on any atom is -0.460 e. The van der Waals surface area contributed by atoms with Crippen molar-refractivity contribution >= 4 is 34.2 Å². The summed E-state index contributed by atoms with van der Waals surface area (Å²) in [6, 6.07) is 12.8. The molecular formula is C24H16ClNO7. The van der Waals surface area contributed by atoms with Gasteiger partial charge in [-0.2, -0.15) is 0 Å². The lowest BCUT2D eigenvalue weighted by atomic mass is 10.1. The molecule has 0 N–H and O–H groups in total. The average molecular weight is 466 g/mol. The fourth-order valence-corrected chi connectivity index (χ4v) is 3.31. The Bertz CT molecular complexity index is 1440. The largest absolute Gasteiger partial charge is 0.460 e. The van der Waals surface area contributed by atoms with E-state index in [-0.39, 0.29) is 33.7 Å². The number of carbonyl (C=O) groups is 1. The first kappa shape index (κ1) is 22.0. The van der Waals surface area contributed by atoms with Crippen LogP contribution in [0.15, 0.2) is 70.1 Å². The number of non-ortho nitro benzene ring substituents is 1. The van der Waals surface area contributed by atoms with E-state index >= 15 is 0 Å². The highest BCUT2D eigenvalue weighted by atomic mass is 35.5. The molecule has 0 spiro atoms. The SMILES string of the molecule is Cc1cc(Oc2coc3cc(OC(=O)c4ccc([N+](=O)[O-])cc4)ccc3c2=O)cc(C)c1Cl. The van der Waals surface area contributed by atoms with Gasteiger partial charge in [0.05, 0.1) is 15.9 Å². The first-order chi connectivity index (χ1) is 15.7. The number of aryl methyl sites for hydroxylation is 2. The van der Waals surface area contributed by atoms with Gasteiger partial charge in [0.2, 0.25) is 11.2 Å². The lowest BCUT2D eigenvalue weighted by molar-refractivity contribution is -0.384. The Balaban J connectivity index is 1.57. The second-order valence-corrected chi connectivity index (χ2v) is 7.63. The fraction of sp³-hybridized carbons (Fsp3) is 0.0833. The van der Waals surface area contributed by atoms with Gasteiger partial charge in [-0.3, -0.25) is 14.9 Å². The van der Waals surface area contributed by atoms with E-state index < -0.39 is 16.3 Å². The minimum absolute atomic E-state index is 0.000697. The number of hydrogen-bond acceptors (Lipinski definition) is 7. The maximum atomic E-state index is 12.8. The number of carbonyl (C=O) groups excluding carboxylic acids is 1. The van der Waals surface area contributed by atoms with Gasteiger partial charge >= 0.3 is 5.97 Å². The van der Waals surface area contributed by atoms with E-state index in [1.807, 2.05) is 13.8 Å². The monoisotopic (exact) mass is 465 g/mol. The summed E-state index contributed by atoms with van der Waals surface area (Å²) in [4.78, 5) is 35.3. The minimum atomic E-state index is -0.708. The van der Waals surface area contributed by atoms with Crippen LogP contribution in [0.25, 0.3) is 11.0 Å². The van der Waals surface area contributed by atoms with Crippen molar-refractivity contribution in [2.45, 2.75) is 13.8 Å². The van der Waals surface area contributed by atoms with Crippen molar-refractivity contribution in [1.29, 1.82) is 0 Å². The Kier molecular flexibility index (Phi) is 5.85. The first-order valence-electron chi connectivity index (χ1n) is 9.70. The van der Waals surface area contributed by atoms with Crippen LogP contribution in [0, 0.1) is 24.0 Å². The highest BCUT2D eigenvalue weighted by Crippen LogP contribution is 2.29. The topological polar surface area (TPSA) is 109 Å². The van der Waals surface area contributed by atoms with E-state index in [9.17, 15) is 19.7 Å². The predicted octanol–water partition coefficient (Wildman–Crippen LogP) is 5.98. The molecule has 4 aromatic rings. The van der Waals surface area contributed by atoms with Gasteiger partial charge in [-0.05, 0) is 61.4 Å². The maximum absolute atomic E-state index is 12.8. The fourth-order valence-electron chi connectivity index (χ4n) is 3.20. The van der Waals surface area contributed by atoms with Crippen molar-refractivity contribution in [3.63, 3.8) is 0 Å². The molecule has 0 atom stereocenters. The zero-order chi connectivity index (χ0) is 23.7. The van der Waals surface area contributed by atoms with Crippen molar-refractivity contribution in [3.05, 3.63) is 103 Å². The first-order valence-corrected chi connectivity index (χ1v) is 10.1. The normalized spacial score (nSPS) is 10.8.